The van der Waals surface area contributed by atoms with Crippen LogP contribution in [0.2, 0.25) is 0 Å². The first-order valence-corrected chi connectivity index (χ1v) is 8.22. The number of aromatic nitrogens is 1. The fraction of sp³-hybridized carbons (Fsp3) is 0.471. The molecule has 1 saturated carbocycles. The van der Waals surface area contributed by atoms with Crippen molar-refractivity contribution in [2.45, 2.75) is 39.2 Å². The molecule has 7 nitrogen and oxygen atoms in total. The van der Waals surface area contributed by atoms with Crippen LogP contribution < -0.4 is 21.3 Å². The molecule has 0 aromatic carbocycles. The smallest absolute Gasteiger partial charge is 0.224 e. The van der Waals surface area contributed by atoms with E-state index in [0.717, 1.165) is 28.5 Å². The molecule has 24 heavy (non-hydrogen) atoms. The SMILES string of the molecule is CNC(=O)Cc1cc(N2CC(=NC3CC3)NC=C2C)c(N)nc1C. The van der Waals surface area contributed by atoms with Crippen LogP contribution >= 0.6 is 0 Å². The molecule has 1 fully saturated rings. The summed E-state index contributed by atoms with van der Waals surface area (Å²) in [7, 11) is 1.63. The maximum absolute atomic E-state index is 11.7. The largest absolute Gasteiger partial charge is 0.382 e. The standard InChI is InChI=1S/C17H24N6O/c1-10-8-20-15(22-13-4-5-13)9-23(10)14-6-12(7-16(24)19-3)11(2)21-17(14)18/h6,8,13H,4-5,7,9H2,1-3H3,(H2,18,21)(H,19,24)(H,20,22). The van der Waals surface area contributed by atoms with E-state index in [9.17, 15) is 4.79 Å². The number of nitrogens with zero attached hydrogens (tertiary/aromatic N) is 3. The van der Waals surface area contributed by atoms with Crippen molar-refractivity contribution >= 4 is 23.2 Å². The number of anilines is 2. The fourth-order valence-corrected chi connectivity index (χ4v) is 2.67. The molecular formula is C17H24N6O. The van der Waals surface area contributed by atoms with Gasteiger partial charge in [0.25, 0.3) is 0 Å². The van der Waals surface area contributed by atoms with Gasteiger partial charge in [-0.3, -0.25) is 9.79 Å². The molecule has 0 unspecified atom stereocenters. The number of amidine groups is 1. The third kappa shape index (κ3) is 3.50. The lowest BCUT2D eigenvalue weighted by Crippen LogP contribution is -2.40. The Kier molecular flexibility index (Phi) is 4.42. The van der Waals surface area contributed by atoms with Crippen LogP contribution in [0.3, 0.4) is 0 Å². The molecule has 1 aromatic heterocycles. The van der Waals surface area contributed by atoms with Gasteiger partial charge in [0.2, 0.25) is 5.91 Å². The highest BCUT2D eigenvalue weighted by atomic mass is 16.1. The van der Waals surface area contributed by atoms with Gasteiger partial charge in [0, 0.05) is 24.6 Å². The normalized spacial score (nSPS) is 19.0. The van der Waals surface area contributed by atoms with Gasteiger partial charge in [-0.1, -0.05) is 0 Å². The summed E-state index contributed by atoms with van der Waals surface area (Å²) in [5.41, 5.74) is 9.68. The number of nitrogens with two attached hydrogens (primary N) is 1. The second-order valence-electron chi connectivity index (χ2n) is 6.31. The maximum atomic E-state index is 11.7. The molecule has 3 rings (SSSR count). The van der Waals surface area contributed by atoms with Crippen LogP contribution in [0, 0.1) is 6.92 Å². The Morgan fingerprint density at radius 1 is 1.50 bits per heavy atom. The lowest BCUT2D eigenvalue weighted by Gasteiger charge is -2.31. The Labute approximate surface area is 142 Å². The monoisotopic (exact) mass is 328 g/mol. The minimum absolute atomic E-state index is 0.0424. The number of nitrogen functional groups attached to an aromatic ring is 1. The van der Waals surface area contributed by atoms with Gasteiger partial charge < -0.3 is 21.3 Å². The molecule has 0 atom stereocenters. The van der Waals surface area contributed by atoms with E-state index in [0.29, 0.717) is 24.8 Å². The van der Waals surface area contributed by atoms with Crippen LogP contribution in [-0.4, -0.2) is 36.4 Å². The summed E-state index contributed by atoms with van der Waals surface area (Å²) < 4.78 is 0. The van der Waals surface area contributed by atoms with Crippen molar-refractivity contribution in [2.75, 3.05) is 24.2 Å². The predicted molar refractivity (Wildman–Crippen MR) is 95.9 cm³/mol. The van der Waals surface area contributed by atoms with Crippen molar-refractivity contribution in [1.82, 2.24) is 15.6 Å². The number of carbonyl (C=O) groups is 1. The minimum atomic E-state index is -0.0424. The van der Waals surface area contributed by atoms with Crippen molar-refractivity contribution in [1.29, 1.82) is 0 Å². The van der Waals surface area contributed by atoms with Gasteiger partial charge in [0.05, 0.1) is 24.7 Å². The number of rotatable bonds is 4. The molecule has 2 aliphatic rings. The molecule has 1 aliphatic carbocycles. The predicted octanol–water partition coefficient (Wildman–Crippen LogP) is 1.09. The van der Waals surface area contributed by atoms with Gasteiger partial charge in [0.1, 0.15) is 11.7 Å². The van der Waals surface area contributed by atoms with Crippen molar-refractivity contribution in [3.63, 3.8) is 0 Å². The fourth-order valence-electron chi connectivity index (χ4n) is 2.67. The molecule has 2 heterocycles. The molecule has 0 spiro atoms. The average Bonchev–Trinajstić information content (AvgIpc) is 3.36. The van der Waals surface area contributed by atoms with Gasteiger partial charge >= 0.3 is 0 Å². The van der Waals surface area contributed by atoms with E-state index in [1.165, 1.54) is 12.8 Å². The summed E-state index contributed by atoms with van der Waals surface area (Å²) in [6, 6.07) is 2.42. The first-order valence-electron chi connectivity index (χ1n) is 8.22. The zero-order chi connectivity index (χ0) is 17.3. The summed E-state index contributed by atoms with van der Waals surface area (Å²) >= 11 is 0. The Morgan fingerprint density at radius 2 is 2.25 bits per heavy atom. The van der Waals surface area contributed by atoms with Crippen LogP contribution in [0.1, 0.15) is 31.0 Å². The molecule has 7 heteroatoms. The lowest BCUT2D eigenvalue weighted by molar-refractivity contribution is -0.119. The number of carbonyl (C=O) groups excluding carboxylic acids is 1. The van der Waals surface area contributed by atoms with Crippen LogP contribution in [0.5, 0.6) is 0 Å². The van der Waals surface area contributed by atoms with E-state index in [4.69, 9.17) is 5.73 Å². The second kappa shape index (κ2) is 6.51. The number of pyridine rings is 1. The molecule has 4 N–H and O–H groups in total. The second-order valence-corrected chi connectivity index (χ2v) is 6.31. The zero-order valence-electron chi connectivity index (χ0n) is 14.4. The van der Waals surface area contributed by atoms with E-state index in [1.807, 2.05) is 26.1 Å². The molecule has 1 aliphatic heterocycles. The van der Waals surface area contributed by atoms with Gasteiger partial charge in [-0.2, -0.15) is 0 Å². The van der Waals surface area contributed by atoms with Crippen LogP contribution in [-0.2, 0) is 11.2 Å². The van der Waals surface area contributed by atoms with Crippen molar-refractivity contribution in [3.8, 4) is 0 Å². The van der Waals surface area contributed by atoms with Crippen molar-refractivity contribution in [2.24, 2.45) is 4.99 Å². The molecule has 1 aromatic rings. The Morgan fingerprint density at radius 3 is 2.92 bits per heavy atom. The lowest BCUT2D eigenvalue weighted by atomic mass is 10.1. The summed E-state index contributed by atoms with van der Waals surface area (Å²) in [4.78, 5) is 22.9. The van der Waals surface area contributed by atoms with E-state index in [1.54, 1.807) is 7.05 Å². The highest BCUT2D eigenvalue weighted by Crippen LogP contribution is 2.29. The summed E-state index contributed by atoms with van der Waals surface area (Å²) in [5, 5.41) is 5.89. The maximum Gasteiger partial charge on any atom is 0.224 e. The van der Waals surface area contributed by atoms with Gasteiger partial charge in [-0.15, -0.1) is 0 Å². The summed E-state index contributed by atoms with van der Waals surface area (Å²) in [6.07, 6.45) is 4.56. The van der Waals surface area contributed by atoms with E-state index >= 15 is 0 Å². The molecule has 1 amide bonds. The van der Waals surface area contributed by atoms with Crippen LogP contribution in [0.4, 0.5) is 11.5 Å². The number of likely N-dealkylation sites (N-methyl/N-ethyl adjacent to an activating group) is 1. The summed E-state index contributed by atoms with van der Waals surface area (Å²) in [6.45, 7) is 4.52. The number of aryl methyl sites for hydroxylation is 1. The van der Waals surface area contributed by atoms with Gasteiger partial charge in [-0.05, 0) is 38.3 Å². The molecule has 0 saturated heterocycles. The van der Waals surface area contributed by atoms with Crippen molar-refractivity contribution < 1.29 is 4.79 Å². The first kappa shape index (κ1) is 16.3. The first-order chi connectivity index (χ1) is 11.5. The number of aliphatic imine (C=N–C) groups is 1. The Balaban J connectivity index is 1.91. The summed E-state index contributed by atoms with van der Waals surface area (Å²) in [5.74, 6) is 1.36. The van der Waals surface area contributed by atoms with Crippen LogP contribution in [0.25, 0.3) is 0 Å². The van der Waals surface area contributed by atoms with Gasteiger partial charge in [-0.25, -0.2) is 4.98 Å². The highest BCUT2D eigenvalue weighted by molar-refractivity contribution is 5.91. The van der Waals surface area contributed by atoms with Crippen LogP contribution in [0.15, 0.2) is 23.0 Å². The van der Waals surface area contributed by atoms with Crippen molar-refractivity contribution in [3.05, 3.63) is 29.2 Å². The number of hydrogen-bond acceptors (Lipinski definition) is 5. The molecule has 0 bridgehead atoms. The number of amides is 1. The average molecular weight is 328 g/mol. The van der Waals surface area contributed by atoms with E-state index in [2.05, 4.69) is 25.5 Å². The zero-order valence-corrected chi connectivity index (χ0v) is 14.4. The topological polar surface area (TPSA) is 95.6 Å². The molecule has 128 valence electrons. The number of nitrogens with one attached hydrogen (secondary N) is 2. The Hall–Kier alpha value is -2.57. The highest BCUT2D eigenvalue weighted by Gasteiger charge is 2.25. The number of hydrogen-bond donors (Lipinski definition) is 3. The number of allylic oxidation sites excluding steroid dienone is 1. The Bertz CT molecular complexity index is 720. The van der Waals surface area contributed by atoms with E-state index < -0.39 is 0 Å². The molecule has 0 radical (unpaired) electrons. The van der Waals surface area contributed by atoms with Gasteiger partial charge in [0.15, 0.2) is 0 Å². The third-order valence-electron chi connectivity index (χ3n) is 4.31. The quantitative estimate of drug-likeness (QED) is 0.769. The van der Waals surface area contributed by atoms with E-state index in [-0.39, 0.29) is 5.91 Å². The molecular weight excluding hydrogens is 304 g/mol. The minimum Gasteiger partial charge on any atom is -0.382 e. The third-order valence-corrected chi connectivity index (χ3v) is 4.31.